The van der Waals surface area contributed by atoms with Gasteiger partial charge in [-0.3, -0.25) is 0 Å². The van der Waals surface area contributed by atoms with Gasteiger partial charge in [0.05, 0.1) is 11.1 Å². The monoisotopic (exact) mass is 738 g/mol. The lowest BCUT2D eigenvalue weighted by Gasteiger charge is -2.36. The van der Waals surface area contributed by atoms with Crippen LogP contribution >= 0.6 is 0 Å². The topological polar surface area (TPSA) is 41.5 Å². The molecule has 2 N–H and O–H groups in total. The molecular weight excluding hydrogens is 683 g/mol. The van der Waals surface area contributed by atoms with E-state index in [2.05, 4.69) is 157 Å². The van der Waals surface area contributed by atoms with E-state index in [1.807, 2.05) is 30.3 Å². The average molecular weight is 739 g/mol. The zero-order chi connectivity index (χ0) is 38.5. The van der Waals surface area contributed by atoms with E-state index in [1.54, 1.807) is 0 Å². The Morgan fingerprint density at radius 1 is 0.661 bits per heavy atom. The van der Waals surface area contributed by atoms with Gasteiger partial charge in [-0.25, -0.2) is 0 Å². The number of benzene rings is 6. The lowest BCUT2D eigenvalue weighted by molar-refractivity contribution is -0.440. The molecule has 1 aliphatic carbocycles. The number of anilines is 1. The number of para-hydroxylation sites is 1. The van der Waals surface area contributed by atoms with Crippen LogP contribution in [-0.2, 0) is 17.8 Å². The van der Waals surface area contributed by atoms with E-state index in [0.717, 1.165) is 13.1 Å². The summed E-state index contributed by atoms with van der Waals surface area (Å²) >= 11 is 0. The standard InChI is InChI=1S/C45H47N2O.C7H9N/c1-3-48-32-31-46-42-22-14-13-21-41(42)44(45(46)38-17-9-5-10-18-38)43(36-25-23-34(2)24-26-36)37-27-29-40(30-28-37)47(39-19-11-6-12-20-39)33-35-15-7-4-8-16-35;8-6-7-4-2-1-3-5-7/h4-5,7-10,13-18,21-30,39H,3,6,11-12,19-20,31-33H2,1-2H3;1-5H,6,8H2/q+1;. The molecule has 56 heavy (non-hydrogen) atoms. The molecular formula is C52H56N3O+. The molecule has 1 heterocycles. The summed E-state index contributed by atoms with van der Waals surface area (Å²) < 4.78 is 8.40. The third-order valence-corrected chi connectivity index (χ3v) is 11.0. The molecule has 0 aromatic heterocycles. The SMILES string of the molecule is CCOCC[N+]1=C(c2ccccc2)C(=C(c2ccc(C)cc2)c2ccc(N(Cc3ccccc3)C3CCCCC3)cc2)c2ccccc21.NCc1ccccc1. The van der Waals surface area contributed by atoms with Crippen LogP contribution in [0.15, 0.2) is 164 Å². The third kappa shape index (κ3) is 9.27. The molecule has 284 valence electrons. The molecule has 1 aliphatic heterocycles. The number of rotatable bonds is 12. The summed E-state index contributed by atoms with van der Waals surface area (Å²) in [5.41, 5.74) is 20.4. The minimum absolute atomic E-state index is 0.568. The van der Waals surface area contributed by atoms with E-state index in [9.17, 15) is 0 Å². The number of fused-ring (bicyclic) bond motifs is 1. The molecule has 4 heteroatoms. The fraction of sp³-hybridized carbons (Fsp3) is 0.250. The summed E-state index contributed by atoms with van der Waals surface area (Å²) in [6, 6.07) is 59.9. The second kappa shape index (κ2) is 19.4. The minimum Gasteiger partial charge on any atom is -0.375 e. The smallest absolute Gasteiger partial charge is 0.221 e. The van der Waals surface area contributed by atoms with Gasteiger partial charge < -0.3 is 15.4 Å². The van der Waals surface area contributed by atoms with Crippen LogP contribution in [-0.4, -0.2) is 36.1 Å². The Morgan fingerprint density at radius 3 is 1.84 bits per heavy atom. The van der Waals surface area contributed by atoms with Crippen molar-refractivity contribution in [2.75, 3.05) is 24.7 Å². The van der Waals surface area contributed by atoms with E-state index in [4.69, 9.17) is 10.5 Å². The van der Waals surface area contributed by atoms with E-state index in [-0.39, 0.29) is 0 Å². The van der Waals surface area contributed by atoms with Crippen molar-refractivity contribution in [3.63, 3.8) is 0 Å². The first-order valence-corrected chi connectivity index (χ1v) is 20.5. The highest BCUT2D eigenvalue weighted by Gasteiger charge is 2.38. The van der Waals surface area contributed by atoms with Crippen molar-refractivity contribution in [1.29, 1.82) is 0 Å². The Hall–Kier alpha value is -5.55. The highest BCUT2D eigenvalue weighted by Crippen LogP contribution is 2.43. The van der Waals surface area contributed by atoms with E-state index in [1.165, 1.54) is 99.3 Å². The molecule has 0 unspecified atom stereocenters. The van der Waals surface area contributed by atoms with Crippen molar-refractivity contribution in [3.05, 3.63) is 203 Å². The maximum Gasteiger partial charge on any atom is 0.221 e. The van der Waals surface area contributed by atoms with Gasteiger partial charge in [-0.1, -0.05) is 152 Å². The summed E-state index contributed by atoms with van der Waals surface area (Å²) in [6.45, 7) is 7.98. The summed E-state index contributed by atoms with van der Waals surface area (Å²) in [7, 11) is 0. The molecule has 0 bridgehead atoms. The quantitative estimate of drug-likeness (QED) is 0.100. The van der Waals surface area contributed by atoms with Gasteiger partial charge in [0.15, 0.2) is 6.54 Å². The lowest BCUT2D eigenvalue weighted by Crippen LogP contribution is -2.36. The summed E-state index contributed by atoms with van der Waals surface area (Å²) in [6.07, 6.45) is 6.50. The van der Waals surface area contributed by atoms with Gasteiger partial charge in [-0.05, 0) is 79.3 Å². The molecule has 1 saturated carbocycles. The molecule has 6 aromatic carbocycles. The second-order valence-corrected chi connectivity index (χ2v) is 14.8. The normalized spacial score (nSPS) is 14.8. The van der Waals surface area contributed by atoms with Gasteiger partial charge in [0.1, 0.15) is 6.61 Å². The minimum atomic E-state index is 0.568. The maximum absolute atomic E-state index is 5.93. The van der Waals surface area contributed by atoms with Crippen LogP contribution in [0.5, 0.6) is 0 Å². The predicted molar refractivity (Wildman–Crippen MR) is 236 cm³/mol. The Morgan fingerprint density at radius 2 is 1.23 bits per heavy atom. The van der Waals surface area contributed by atoms with Gasteiger partial charge in [0.25, 0.3) is 0 Å². The van der Waals surface area contributed by atoms with Gasteiger partial charge >= 0.3 is 0 Å². The Kier molecular flexibility index (Phi) is 13.4. The van der Waals surface area contributed by atoms with Crippen LogP contribution in [0.4, 0.5) is 11.4 Å². The van der Waals surface area contributed by atoms with Gasteiger partial charge in [0, 0.05) is 48.6 Å². The summed E-state index contributed by atoms with van der Waals surface area (Å²) in [4.78, 5) is 2.67. The van der Waals surface area contributed by atoms with Crippen LogP contribution in [0, 0.1) is 6.92 Å². The number of ether oxygens (including phenoxy) is 1. The predicted octanol–water partition coefficient (Wildman–Crippen LogP) is 11.6. The Labute approximate surface area is 334 Å². The van der Waals surface area contributed by atoms with Crippen LogP contribution in [0.3, 0.4) is 0 Å². The average Bonchev–Trinajstić information content (AvgIpc) is 3.59. The number of hydrogen-bond acceptors (Lipinski definition) is 3. The largest absolute Gasteiger partial charge is 0.375 e. The van der Waals surface area contributed by atoms with Gasteiger partial charge in [-0.15, -0.1) is 0 Å². The molecule has 0 saturated heterocycles. The third-order valence-electron chi connectivity index (χ3n) is 11.0. The summed E-state index contributed by atoms with van der Waals surface area (Å²) in [5.74, 6) is 0. The van der Waals surface area contributed by atoms with Crippen molar-refractivity contribution >= 4 is 28.2 Å². The molecule has 0 spiro atoms. The van der Waals surface area contributed by atoms with Crippen LogP contribution in [0.25, 0.3) is 11.1 Å². The Balaban J connectivity index is 0.000000536. The molecule has 0 amide bonds. The fourth-order valence-electron chi connectivity index (χ4n) is 8.20. The number of aryl methyl sites for hydroxylation is 1. The molecule has 0 atom stereocenters. The second-order valence-electron chi connectivity index (χ2n) is 14.8. The molecule has 6 aromatic rings. The number of allylic oxidation sites excluding steroid dienone is 1. The molecule has 2 aliphatic rings. The maximum atomic E-state index is 5.93. The van der Waals surface area contributed by atoms with E-state index in [0.29, 0.717) is 25.8 Å². The van der Waals surface area contributed by atoms with Crippen molar-refractivity contribution in [1.82, 2.24) is 0 Å². The molecule has 1 fully saturated rings. The van der Waals surface area contributed by atoms with Crippen molar-refractivity contribution in [2.45, 2.75) is 65.1 Å². The first kappa shape index (κ1) is 38.7. The first-order chi connectivity index (χ1) is 27.6. The van der Waals surface area contributed by atoms with Crippen LogP contribution < -0.4 is 10.6 Å². The van der Waals surface area contributed by atoms with E-state index < -0.39 is 0 Å². The van der Waals surface area contributed by atoms with Crippen molar-refractivity contribution in [2.24, 2.45) is 5.73 Å². The Bertz CT molecular complexity index is 2190. The summed E-state index contributed by atoms with van der Waals surface area (Å²) in [5, 5.41) is 0. The van der Waals surface area contributed by atoms with Crippen LogP contribution in [0.2, 0.25) is 0 Å². The lowest BCUT2D eigenvalue weighted by atomic mass is 9.85. The molecule has 0 radical (unpaired) electrons. The number of hydrogen-bond donors (Lipinski definition) is 1. The molecule has 4 nitrogen and oxygen atoms in total. The first-order valence-electron chi connectivity index (χ1n) is 20.5. The fourth-order valence-corrected chi connectivity index (χ4v) is 8.20. The number of nitrogens with zero attached hydrogens (tertiary/aromatic N) is 2. The van der Waals surface area contributed by atoms with Crippen LogP contribution in [0.1, 0.15) is 78.0 Å². The van der Waals surface area contributed by atoms with Gasteiger partial charge in [-0.2, -0.15) is 4.58 Å². The molecule has 8 rings (SSSR count). The van der Waals surface area contributed by atoms with Crippen molar-refractivity contribution < 1.29 is 9.31 Å². The van der Waals surface area contributed by atoms with Gasteiger partial charge in [0.2, 0.25) is 11.4 Å². The van der Waals surface area contributed by atoms with Crippen molar-refractivity contribution in [3.8, 4) is 0 Å². The number of nitrogens with two attached hydrogens (primary N) is 1. The highest BCUT2D eigenvalue weighted by atomic mass is 16.5. The highest BCUT2D eigenvalue weighted by molar-refractivity contribution is 6.38. The zero-order valence-corrected chi connectivity index (χ0v) is 33.1. The van der Waals surface area contributed by atoms with E-state index >= 15 is 0 Å². The zero-order valence-electron chi connectivity index (χ0n) is 33.1.